The number of nitrogens with one attached hydrogen (secondary N) is 1. The molecule has 66 valence electrons. The van der Waals surface area contributed by atoms with Crippen LogP contribution in [-0.4, -0.2) is 16.2 Å². The monoisotopic (exact) mass is 179 g/mol. The summed E-state index contributed by atoms with van der Waals surface area (Å²) in [6.07, 6.45) is 0. The fourth-order valence-corrected chi connectivity index (χ4v) is 1.15. The number of rotatable bonds is 1. The lowest BCUT2D eigenvalue weighted by Gasteiger charge is -1.91. The van der Waals surface area contributed by atoms with Crippen molar-refractivity contribution < 1.29 is 14.4 Å². The van der Waals surface area contributed by atoms with Gasteiger partial charge in [0, 0.05) is 0 Å². The van der Waals surface area contributed by atoms with Crippen LogP contribution in [0.1, 0.15) is 10.4 Å². The molecule has 13 heavy (non-hydrogen) atoms. The molecule has 0 fully saturated rings. The Labute approximate surface area is 71.6 Å². The van der Waals surface area contributed by atoms with Gasteiger partial charge in [0.15, 0.2) is 5.58 Å². The molecule has 5 heteroatoms. The summed E-state index contributed by atoms with van der Waals surface area (Å²) < 4.78 is 4.72. The molecule has 0 unspecified atom stereocenters. The van der Waals surface area contributed by atoms with Crippen molar-refractivity contribution in [2.75, 3.05) is 0 Å². The number of H-pyrrole nitrogens is 1. The molecule has 0 saturated heterocycles. The molecule has 2 aromatic rings. The largest absolute Gasteiger partial charge is 0.478 e. The second kappa shape index (κ2) is 2.48. The maximum absolute atomic E-state index is 11.0. The van der Waals surface area contributed by atoms with Crippen LogP contribution >= 0.6 is 0 Å². The Morgan fingerprint density at radius 2 is 2.23 bits per heavy atom. The van der Waals surface area contributed by atoms with Crippen molar-refractivity contribution in [1.29, 1.82) is 0 Å². The highest BCUT2D eigenvalue weighted by atomic mass is 16.5. The van der Waals surface area contributed by atoms with Crippen LogP contribution in [0.4, 0.5) is 0 Å². The third-order valence-electron chi connectivity index (χ3n) is 1.74. The molecule has 2 N–H and O–H groups in total. The van der Waals surface area contributed by atoms with E-state index in [2.05, 4.69) is 5.16 Å². The van der Waals surface area contributed by atoms with E-state index < -0.39 is 11.5 Å². The van der Waals surface area contributed by atoms with Gasteiger partial charge in [-0.1, -0.05) is 6.07 Å². The fraction of sp³-hybridized carbons (Fsp3) is 0. The standard InChI is InChI=1S/C8H5NO4/c10-7-4-2-1-3-5(8(11)12)6(4)13-9-7/h1-3H,(H,9,10)(H,11,12). The van der Waals surface area contributed by atoms with Crippen LogP contribution in [-0.2, 0) is 0 Å². The Morgan fingerprint density at radius 1 is 1.46 bits per heavy atom. The van der Waals surface area contributed by atoms with Gasteiger partial charge in [-0.15, -0.1) is 0 Å². The van der Waals surface area contributed by atoms with Crippen molar-refractivity contribution in [1.82, 2.24) is 5.16 Å². The highest BCUT2D eigenvalue weighted by molar-refractivity contribution is 6.00. The van der Waals surface area contributed by atoms with Gasteiger partial charge in [-0.05, 0) is 12.1 Å². The molecule has 0 aliphatic carbocycles. The molecular formula is C8H5NO4. The number of aromatic amines is 1. The highest BCUT2D eigenvalue weighted by Gasteiger charge is 2.12. The number of hydrogen-bond acceptors (Lipinski definition) is 3. The summed E-state index contributed by atoms with van der Waals surface area (Å²) in [6.45, 7) is 0. The number of benzene rings is 1. The topological polar surface area (TPSA) is 83.3 Å². The van der Waals surface area contributed by atoms with Crippen molar-refractivity contribution >= 4 is 16.9 Å². The summed E-state index contributed by atoms with van der Waals surface area (Å²) in [5.74, 6) is -1.12. The van der Waals surface area contributed by atoms with Crippen molar-refractivity contribution in [2.24, 2.45) is 0 Å². The van der Waals surface area contributed by atoms with E-state index in [1.54, 1.807) is 0 Å². The Bertz CT molecular complexity index is 522. The van der Waals surface area contributed by atoms with Gasteiger partial charge < -0.3 is 9.63 Å². The molecule has 0 bridgehead atoms. The van der Waals surface area contributed by atoms with Crippen molar-refractivity contribution in [2.45, 2.75) is 0 Å². The first kappa shape index (κ1) is 7.60. The summed E-state index contributed by atoms with van der Waals surface area (Å²) in [7, 11) is 0. The first-order valence-electron chi connectivity index (χ1n) is 3.53. The number of para-hydroxylation sites is 1. The predicted molar refractivity (Wildman–Crippen MR) is 43.8 cm³/mol. The average Bonchev–Trinajstić information content (AvgIpc) is 2.48. The Hall–Kier alpha value is -2.04. The molecule has 0 aliphatic rings. The van der Waals surface area contributed by atoms with Crippen molar-refractivity contribution in [3.63, 3.8) is 0 Å². The summed E-state index contributed by atoms with van der Waals surface area (Å²) in [4.78, 5) is 21.7. The molecule has 0 saturated carbocycles. The number of fused-ring (bicyclic) bond motifs is 1. The van der Waals surface area contributed by atoms with E-state index in [4.69, 9.17) is 9.63 Å². The van der Waals surface area contributed by atoms with E-state index in [1.165, 1.54) is 18.2 Å². The number of carbonyl (C=O) groups is 1. The molecule has 0 aliphatic heterocycles. The molecule has 1 aromatic heterocycles. The van der Waals surface area contributed by atoms with Crippen LogP contribution in [0.3, 0.4) is 0 Å². The molecule has 0 atom stereocenters. The van der Waals surface area contributed by atoms with Gasteiger partial charge in [-0.3, -0.25) is 4.79 Å². The molecule has 0 amide bonds. The van der Waals surface area contributed by atoms with E-state index >= 15 is 0 Å². The fourth-order valence-electron chi connectivity index (χ4n) is 1.15. The molecule has 5 nitrogen and oxygen atoms in total. The van der Waals surface area contributed by atoms with Crippen LogP contribution < -0.4 is 5.56 Å². The van der Waals surface area contributed by atoms with Gasteiger partial charge in [-0.2, -0.15) is 5.16 Å². The third kappa shape index (κ3) is 1.01. The van der Waals surface area contributed by atoms with Crippen molar-refractivity contribution in [3.8, 4) is 0 Å². The normalized spacial score (nSPS) is 10.5. The van der Waals surface area contributed by atoms with Gasteiger partial charge in [0.1, 0.15) is 5.56 Å². The van der Waals surface area contributed by atoms with Gasteiger partial charge in [-0.25, -0.2) is 4.79 Å². The number of hydrogen-bond donors (Lipinski definition) is 2. The van der Waals surface area contributed by atoms with E-state index in [9.17, 15) is 9.59 Å². The number of carboxylic acids is 1. The van der Waals surface area contributed by atoms with Crippen LogP contribution in [0.2, 0.25) is 0 Å². The zero-order valence-corrected chi connectivity index (χ0v) is 6.40. The zero-order valence-electron chi connectivity index (χ0n) is 6.40. The lowest BCUT2D eigenvalue weighted by molar-refractivity contribution is 0.0697. The van der Waals surface area contributed by atoms with Crippen LogP contribution in [0.15, 0.2) is 27.5 Å². The maximum atomic E-state index is 11.0. The third-order valence-corrected chi connectivity index (χ3v) is 1.74. The zero-order chi connectivity index (χ0) is 9.42. The van der Waals surface area contributed by atoms with Gasteiger partial charge in [0.2, 0.25) is 0 Å². The first-order valence-corrected chi connectivity index (χ1v) is 3.53. The summed E-state index contributed by atoms with van der Waals surface area (Å²) in [5, 5.41) is 11.0. The summed E-state index contributed by atoms with van der Waals surface area (Å²) >= 11 is 0. The van der Waals surface area contributed by atoms with Gasteiger partial charge in [0.25, 0.3) is 5.56 Å². The summed E-state index contributed by atoms with van der Waals surface area (Å²) in [6, 6.07) is 4.38. The minimum absolute atomic E-state index is 0.0177. The first-order chi connectivity index (χ1) is 6.20. The average molecular weight is 179 g/mol. The van der Waals surface area contributed by atoms with E-state index in [0.29, 0.717) is 0 Å². The van der Waals surface area contributed by atoms with Crippen molar-refractivity contribution in [3.05, 3.63) is 34.1 Å². The van der Waals surface area contributed by atoms with Crippen LogP contribution in [0, 0.1) is 0 Å². The minimum atomic E-state index is -1.12. The Kier molecular flexibility index (Phi) is 1.45. The number of aromatic nitrogens is 1. The molecule has 1 aromatic carbocycles. The lowest BCUT2D eigenvalue weighted by atomic mass is 10.1. The highest BCUT2D eigenvalue weighted by Crippen LogP contribution is 2.14. The molecule has 1 heterocycles. The molecule has 2 rings (SSSR count). The summed E-state index contributed by atoms with van der Waals surface area (Å²) in [5.41, 5.74) is -0.353. The van der Waals surface area contributed by atoms with Gasteiger partial charge in [0.05, 0.1) is 5.39 Å². The maximum Gasteiger partial charge on any atom is 0.339 e. The predicted octanol–water partition coefficient (Wildman–Crippen LogP) is 0.819. The van der Waals surface area contributed by atoms with E-state index in [1.807, 2.05) is 0 Å². The van der Waals surface area contributed by atoms with Gasteiger partial charge >= 0.3 is 5.97 Å². The van der Waals surface area contributed by atoms with E-state index in [0.717, 1.165) is 0 Å². The quantitative estimate of drug-likeness (QED) is 0.678. The van der Waals surface area contributed by atoms with Crippen LogP contribution in [0.25, 0.3) is 11.0 Å². The Balaban J connectivity index is 2.92. The molecule has 0 spiro atoms. The SMILES string of the molecule is O=C(O)c1cccc2c(=O)[nH]oc12. The second-order valence-corrected chi connectivity index (χ2v) is 2.52. The van der Waals surface area contributed by atoms with E-state index in [-0.39, 0.29) is 16.5 Å². The Morgan fingerprint density at radius 3 is 2.92 bits per heavy atom. The smallest absolute Gasteiger partial charge is 0.339 e. The molecule has 0 radical (unpaired) electrons. The lowest BCUT2D eigenvalue weighted by Crippen LogP contribution is -1.99. The van der Waals surface area contributed by atoms with Crippen LogP contribution in [0.5, 0.6) is 0 Å². The number of carboxylic acid groups (broad SMARTS) is 1. The minimum Gasteiger partial charge on any atom is -0.478 e. The number of aromatic carboxylic acids is 1. The molecular weight excluding hydrogens is 174 g/mol. The second-order valence-electron chi connectivity index (χ2n) is 2.52.